The number of aromatic nitrogens is 3. The summed E-state index contributed by atoms with van der Waals surface area (Å²) in [6.45, 7) is 0.0661. The van der Waals surface area contributed by atoms with Crippen molar-refractivity contribution in [2.24, 2.45) is 0 Å². The second-order valence-corrected chi connectivity index (χ2v) is 11.6. The first-order valence-electron chi connectivity index (χ1n) is 14.7. The molecule has 3 atom stereocenters. The van der Waals surface area contributed by atoms with Gasteiger partial charge in [-0.1, -0.05) is 44.2 Å². The van der Waals surface area contributed by atoms with Crippen molar-refractivity contribution >= 4 is 22.9 Å². The molecule has 1 amide bonds. The van der Waals surface area contributed by atoms with Crippen LogP contribution in [0.2, 0.25) is 0 Å². The van der Waals surface area contributed by atoms with E-state index >= 15 is 0 Å². The Labute approximate surface area is 233 Å². The predicted octanol–water partition coefficient (Wildman–Crippen LogP) is 4.70. The van der Waals surface area contributed by atoms with Crippen molar-refractivity contribution < 1.29 is 14.7 Å². The van der Waals surface area contributed by atoms with Crippen LogP contribution in [-0.4, -0.2) is 54.5 Å². The number of nitrogens with one attached hydrogen (secondary N) is 1. The highest BCUT2D eigenvalue weighted by Gasteiger charge is 2.44. The van der Waals surface area contributed by atoms with Crippen molar-refractivity contribution in [3.05, 3.63) is 69.9 Å². The Morgan fingerprint density at radius 1 is 0.875 bits per heavy atom. The summed E-state index contributed by atoms with van der Waals surface area (Å²) in [5.74, 6) is -1.61. The number of benzene rings is 1. The van der Waals surface area contributed by atoms with E-state index in [1.807, 2.05) is 28.8 Å². The molecular formula is C31H37N5O4. The van der Waals surface area contributed by atoms with Crippen LogP contribution < -0.4 is 10.9 Å². The van der Waals surface area contributed by atoms with Crippen molar-refractivity contribution in [1.82, 2.24) is 24.8 Å². The van der Waals surface area contributed by atoms with Gasteiger partial charge < -0.3 is 15.0 Å². The fourth-order valence-corrected chi connectivity index (χ4v) is 7.30. The molecule has 9 heteroatoms. The van der Waals surface area contributed by atoms with E-state index in [-0.39, 0.29) is 29.4 Å². The topological polar surface area (TPSA) is 117 Å². The number of hydrogen-bond acceptors (Lipinski definition) is 6. The Hall–Kier alpha value is -3.59. The number of para-hydroxylation sites is 2. The molecule has 3 aliphatic rings. The lowest BCUT2D eigenvalue weighted by molar-refractivity contribution is 0.0497. The lowest BCUT2D eigenvalue weighted by atomic mass is 9.89. The molecule has 1 aliphatic carbocycles. The van der Waals surface area contributed by atoms with Crippen LogP contribution in [0.15, 0.2) is 47.4 Å². The van der Waals surface area contributed by atoms with E-state index in [0.29, 0.717) is 29.3 Å². The average molecular weight is 544 g/mol. The first-order valence-corrected chi connectivity index (χ1v) is 14.7. The van der Waals surface area contributed by atoms with E-state index in [1.165, 1.54) is 70.1 Å². The van der Waals surface area contributed by atoms with Crippen LogP contribution in [0.3, 0.4) is 0 Å². The fourth-order valence-electron chi connectivity index (χ4n) is 7.30. The van der Waals surface area contributed by atoms with E-state index in [9.17, 15) is 14.4 Å². The van der Waals surface area contributed by atoms with Crippen molar-refractivity contribution in [2.45, 2.75) is 101 Å². The number of amides is 1. The zero-order chi connectivity index (χ0) is 27.6. The maximum absolute atomic E-state index is 13.9. The van der Waals surface area contributed by atoms with Crippen molar-refractivity contribution in [3.63, 3.8) is 0 Å². The van der Waals surface area contributed by atoms with Crippen molar-refractivity contribution in [1.29, 1.82) is 0 Å². The van der Waals surface area contributed by atoms with E-state index in [4.69, 9.17) is 5.11 Å². The molecule has 2 N–H and O–H groups in total. The fraction of sp³-hybridized carbons (Fsp3) is 0.516. The Morgan fingerprint density at radius 3 is 2.25 bits per heavy atom. The molecule has 0 radical (unpaired) electrons. The van der Waals surface area contributed by atoms with Gasteiger partial charge in [-0.25, -0.2) is 9.78 Å². The van der Waals surface area contributed by atoms with E-state index in [1.54, 1.807) is 6.07 Å². The summed E-state index contributed by atoms with van der Waals surface area (Å²) < 4.78 is 1.85. The van der Waals surface area contributed by atoms with Crippen LogP contribution >= 0.6 is 0 Å². The number of piperidine rings is 1. The monoisotopic (exact) mass is 543 g/mol. The van der Waals surface area contributed by atoms with E-state index in [0.717, 1.165) is 18.4 Å². The number of carboxylic acid groups (broad SMARTS) is 1. The average Bonchev–Trinajstić information content (AvgIpc) is 3.20. The number of rotatable bonds is 6. The molecule has 0 unspecified atom stereocenters. The van der Waals surface area contributed by atoms with Crippen LogP contribution in [0.25, 0.3) is 11.0 Å². The van der Waals surface area contributed by atoms with Crippen LogP contribution in [0.4, 0.5) is 0 Å². The Kier molecular flexibility index (Phi) is 7.65. The first kappa shape index (κ1) is 26.6. The van der Waals surface area contributed by atoms with Gasteiger partial charge in [0, 0.05) is 30.4 Å². The summed E-state index contributed by atoms with van der Waals surface area (Å²) in [4.78, 5) is 49.6. The van der Waals surface area contributed by atoms with Gasteiger partial charge >= 0.3 is 5.97 Å². The molecule has 2 aliphatic heterocycles. The molecule has 2 bridgehead atoms. The van der Waals surface area contributed by atoms with E-state index < -0.39 is 11.9 Å². The number of fused-ring (bicyclic) bond motifs is 3. The van der Waals surface area contributed by atoms with Crippen LogP contribution in [0.1, 0.15) is 103 Å². The Morgan fingerprint density at radius 2 is 1.57 bits per heavy atom. The maximum atomic E-state index is 13.9. The zero-order valence-electron chi connectivity index (χ0n) is 22.8. The highest BCUT2D eigenvalue weighted by atomic mass is 16.4. The van der Waals surface area contributed by atoms with Crippen LogP contribution in [0, 0.1) is 0 Å². The van der Waals surface area contributed by atoms with Gasteiger partial charge in [0.05, 0.1) is 28.8 Å². The third-order valence-electron chi connectivity index (χ3n) is 9.14. The minimum absolute atomic E-state index is 0.0273. The number of carbonyl (C=O) groups excluding carboxylic acids is 1. The number of carbonyl (C=O) groups is 2. The van der Waals surface area contributed by atoms with Gasteiger partial charge in [0.1, 0.15) is 0 Å². The second-order valence-electron chi connectivity index (χ2n) is 11.6. The molecule has 2 saturated heterocycles. The van der Waals surface area contributed by atoms with Crippen molar-refractivity contribution in [3.8, 4) is 0 Å². The Bertz CT molecular complexity index is 1430. The van der Waals surface area contributed by atoms with Gasteiger partial charge in [-0.05, 0) is 62.8 Å². The molecule has 1 aromatic carbocycles. The third-order valence-corrected chi connectivity index (χ3v) is 9.14. The summed E-state index contributed by atoms with van der Waals surface area (Å²) in [5.41, 5.74) is 1.51. The van der Waals surface area contributed by atoms with Crippen LogP contribution in [0.5, 0.6) is 0 Å². The number of nitrogens with zero attached hydrogens (tertiary/aromatic N) is 4. The van der Waals surface area contributed by atoms with Crippen molar-refractivity contribution in [2.75, 3.05) is 0 Å². The molecular weight excluding hydrogens is 506 g/mol. The first-order chi connectivity index (χ1) is 19.5. The van der Waals surface area contributed by atoms with Gasteiger partial charge in [-0.3, -0.25) is 19.5 Å². The highest BCUT2D eigenvalue weighted by molar-refractivity contribution is 5.93. The standard InChI is InChI=1S/C31H37N5O4/c37-29(33-19-21-13-12-20(18-32-21)31(39)40)28-30(38)36(27-11-7-6-10-26(27)34-28)25-16-23-14-15-24(17-25)35(23)22-8-4-2-1-3-5-9-22/h6-7,10-13,18,22-25H,1-5,8-9,14-17,19H2,(H,33,37)(H,39,40)/t23-,24+,25+. The summed E-state index contributed by atoms with van der Waals surface area (Å²) >= 11 is 0. The molecule has 210 valence electrons. The SMILES string of the molecule is O=C(O)c1ccc(CNC(=O)c2nc3ccccc3n([C@H]3C[C@H]4CC[C@@H](C3)N4C3CCCCCCC3)c2=O)nc1. The summed E-state index contributed by atoms with van der Waals surface area (Å²) in [7, 11) is 0. The molecule has 4 heterocycles. The number of hydrogen-bond donors (Lipinski definition) is 2. The molecule has 2 aromatic heterocycles. The minimum Gasteiger partial charge on any atom is -0.478 e. The van der Waals surface area contributed by atoms with Gasteiger partial charge in [-0.15, -0.1) is 0 Å². The predicted molar refractivity (Wildman–Crippen MR) is 151 cm³/mol. The Balaban J connectivity index is 1.25. The van der Waals surface area contributed by atoms with Gasteiger partial charge in [-0.2, -0.15) is 0 Å². The van der Waals surface area contributed by atoms with Gasteiger partial charge in [0.15, 0.2) is 5.69 Å². The number of carboxylic acids is 1. The summed E-state index contributed by atoms with van der Waals surface area (Å²) in [5, 5.41) is 11.8. The summed E-state index contributed by atoms with van der Waals surface area (Å²) in [6, 6.07) is 12.2. The number of aromatic carboxylic acids is 1. The molecule has 0 spiro atoms. The van der Waals surface area contributed by atoms with Gasteiger partial charge in [0.25, 0.3) is 11.5 Å². The lowest BCUT2D eigenvalue weighted by Crippen LogP contribution is -2.50. The molecule has 3 aromatic rings. The van der Waals surface area contributed by atoms with Gasteiger partial charge in [0.2, 0.25) is 0 Å². The summed E-state index contributed by atoms with van der Waals surface area (Å²) in [6.07, 6.45) is 14.7. The maximum Gasteiger partial charge on any atom is 0.337 e. The third kappa shape index (κ3) is 5.27. The lowest BCUT2D eigenvalue weighted by Gasteiger charge is -2.45. The highest BCUT2D eigenvalue weighted by Crippen LogP contribution is 2.44. The molecule has 40 heavy (non-hydrogen) atoms. The second kappa shape index (κ2) is 11.5. The largest absolute Gasteiger partial charge is 0.478 e. The van der Waals surface area contributed by atoms with Crippen LogP contribution in [-0.2, 0) is 6.54 Å². The molecule has 3 fully saturated rings. The number of pyridine rings is 1. The smallest absolute Gasteiger partial charge is 0.337 e. The molecule has 1 saturated carbocycles. The molecule has 9 nitrogen and oxygen atoms in total. The molecule has 6 rings (SSSR count). The quantitative estimate of drug-likeness (QED) is 0.463. The minimum atomic E-state index is -1.06. The normalized spacial score (nSPS) is 23.9. The van der Waals surface area contributed by atoms with E-state index in [2.05, 4.69) is 20.2 Å². The zero-order valence-corrected chi connectivity index (χ0v) is 22.8.